The number of halogens is 3. The lowest BCUT2D eigenvalue weighted by Crippen LogP contribution is -2.17. The number of hydrogen-bond donors (Lipinski definition) is 0. The highest BCUT2D eigenvalue weighted by Crippen LogP contribution is 2.34. The molecule has 118 valence electrons. The lowest BCUT2D eigenvalue weighted by Gasteiger charge is -2.17. The number of rotatable bonds is 7. The molecule has 0 atom stereocenters. The topological polar surface area (TPSA) is 26.3 Å². The predicted molar refractivity (Wildman–Crippen MR) is 75.6 cm³/mol. The number of alkyl halides is 3. The van der Waals surface area contributed by atoms with Crippen molar-refractivity contribution in [3.05, 3.63) is 29.3 Å². The Labute approximate surface area is 123 Å². The maximum Gasteiger partial charge on any atom is 0.416 e. The van der Waals surface area contributed by atoms with E-state index in [1.807, 2.05) is 13.8 Å². The number of Topliss-reactive ketones (excluding diaryl/α,β-unsaturated/α-hetero) is 1. The zero-order valence-corrected chi connectivity index (χ0v) is 12.6. The smallest absolute Gasteiger partial charge is 0.416 e. The number of carbonyl (C=O) groups is 1. The van der Waals surface area contributed by atoms with Gasteiger partial charge < -0.3 is 4.74 Å². The van der Waals surface area contributed by atoms with Gasteiger partial charge in [-0.3, -0.25) is 4.79 Å². The summed E-state index contributed by atoms with van der Waals surface area (Å²) in [6, 6.07) is 3.05. The summed E-state index contributed by atoms with van der Waals surface area (Å²) in [7, 11) is 1.36. The second-order valence-electron chi connectivity index (χ2n) is 5.05. The third-order valence-corrected chi connectivity index (χ3v) is 3.44. The zero-order chi connectivity index (χ0) is 16.0. The third-order valence-electron chi connectivity index (χ3n) is 3.44. The average molecular weight is 302 g/mol. The van der Waals surface area contributed by atoms with E-state index in [2.05, 4.69) is 0 Å². The van der Waals surface area contributed by atoms with Crippen LogP contribution in [0.4, 0.5) is 13.2 Å². The molecule has 1 aromatic rings. The number of ether oxygens (including phenoxy) is 1. The Kier molecular flexibility index (Phi) is 6.24. The number of methoxy groups -OCH3 is 1. The second kappa shape index (κ2) is 7.48. The molecule has 21 heavy (non-hydrogen) atoms. The number of carbonyl (C=O) groups excluding carboxylic acids is 1. The molecule has 0 saturated heterocycles. The molecule has 0 aromatic heterocycles. The first kappa shape index (κ1) is 17.5. The lowest BCUT2D eigenvalue weighted by atomic mass is 9.89. The van der Waals surface area contributed by atoms with E-state index in [-0.39, 0.29) is 23.0 Å². The van der Waals surface area contributed by atoms with Crippen LogP contribution in [-0.4, -0.2) is 12.9 Å². The lowest BCUT2D eigenvalue weighted by molar-refractivity contribution is -0.137. The zero-order valence-electron chi connectivity index (χ0n) is 12.6. The van der Waals surface area contributed by atoms with Crippen LogP contribution in [0.25, 0.3) is 0 Å². The molecule has 0 heterocycles. The Bertz CT molecular complexity index is 475. The molecule has 0 amide bonds. The van der Waals surface area contributed by atoms with Crippen molar-refractivity contribution in [3.8, 4) is 5.75 Å². The van der Waals surface area contributed by atoms with Crippen molar-refractivity contribution in [1.29, 1.82) is 0 Å². The van der Waals surface area contributed by atoms with Gasteiger partial charge >= 0.3 is 6.18 Å². The quantitative estimate of drug-likeness (QED) is 0.654. The molecular formula is C16H21F3O2. The molecule has 0 saturated carbocycles. The number of benzene rings is 1. The van der Waals surface area contributed by atoms with E-state index in [0.29, 0.717) is 12.8 Å². The minimum atomic E-state index is -4.47. The molecular weight excluding hydrogens is 281 g/mol. The van der Waals surface area contributed by atoms with Crippen LogP contribution < -0.4 is 4.74 Å². The molecule has 0 spiro atoms. The van der Waals surface area contributed by atoms with E-state index in [9.17, 15) is 18.0 Å². The van der Waals surface area contributed by atoms with E-state index in [4.69, 9.17) is 4.74 Å². The summed E-state index contributed by atoms with van der Waals surface area (Å²) < 4.78 is 43.5. The molecule has 0 radical (unpaired) electrons. The van der Waals surface area contributed by atoms with E-state index in [0.717, 1.165) is 25.0 Å². The van der Waals surface area contributed by atoms with Crippen LogP contribution in [0.2, 0.25) is 0 Å². The number of ketones is 1. The molecule has 0 N–H and O–H groups in total. The average Bonchev–Trinajstić information content (AvgIpc) is 2.44. The Morgan fingerprint density at radius 2 is 1.76 bits per heavy atom. The monoisotopic (exact) mass is 302 g/mol. The van der Waals surface area contributed by atoms with Crippen molar-refractivity contribution in [2.24, 2.45) is 5.92 Å². The molecule has 0 fully saturated rings. The molecule has 0 unspecified atom stereocenters. The van der Waals surface area contributed by atoms with Gasteiger partial charge in [0.1, 0.15) is 5.75 Å². The summed E-state index contributed by atoms with van der Waals surface area (Å²) in [4.78, 5) is 12.5. The van der Waals surface area contributed by atoms with Gasteiger partial charge in [0, 0.05) is 5.92 Å². The Balaban J connectivity index is 3.21. The molecule has 2 nitrogen and oxygen atoms in total. The minimum absolute atomic E-state index is 0.0271. The Morgan fingerprint density at radius 3 is 2.19 bits per heavy atom. The highest BCUT2D eigenvalue weighted by Gasteiger charge is 2.32. The number of hydrogen-bond acceptors (Lipinski definition) is 2. The van der Waals surface area contributed by atoms with Crippen LogP contribution in [-0.2, 0) is 6.18 Å². The normalized spacial score (nSPS) is 11.8. The third kappa shape index (κ3) is 4.48. The first-order chi connectivity index (χ1) is 9.85. The summed E-state index contributed by atoms with van der Waals surface area (Å²) in [6.07, 6.45) is -1.49. The largest absolute Gasteiger partial charge is 0.496 e. The van der Waals surface area contributed by atoms with E-state index in [1.165, 1.54) is 13.2 Å². The van der Waals surface area contributed by atoms with Gasteiger partial charge in [-0.15, -0.1) is 0 Å². The maximum absolute atomic E-state index is 12.8. The molecule has 1 aromatic carbocycles. The van der Waals surface area contributed by atoms with Crippen LogP contribution in [0, 0.1) is 5.92 Å². The molecule has 5 heteroatoms. The standard InChI is InChI=1S/C16H21F3O2/c1-4-6-11(7-5-2)15(20)13-10-12(16(17,18)19)8-9-14(13)21-3/h8-11H,4-7H2,1-3H3. The van der Waals surface area contributed by atoms with Crippen LogP contribution >= 0.6 is 0 Å². The fraction of sp³-hybridized carbons (Fsp3) is 0.562. The van der Waals surface area contributed by atoms with E-state index in [1.54, 1.807) is 0 Å². The fourth-order valence-corrected chi connectivity index (χ4v) is 2.40. The van der Waals surface area contributed by atoms with E-state index >= 15 is 0 Å². The van der Waals surface area contributed by atoms with Crippen molar-refractivity contribution < 1.29 is 22.7 Å². The summed E-state index contributed by atoms with van der Waals surface area (Å²) >= 11 is 0. The van der Waals surface area contributed by atoms with Crippen molar-refractivity contribution in [1.82, 2.24) is 0 Å². The summed E-state index contributed by atoms with van der Waals surface area (Å²) in [5, 5.41) is 0. The van der Waals surface area contributed by atoms with Crippen molar-refractivity contribution >= 4 is 5.78 Å². The van der Waals surface area contributed by atoms with Gasteiger partial charge in [-0.05, 0) is 31.0 Å². The van der Waals surface area contributed by atoms with Crippen molar-refractivity contribution in [2.75, 3.05) is 7.11 Å². The molecule has 1 rings (SSSR count). The van der Waals surface area contributed by atoms with Crippen molar-refractivity contribution in [2.45, 2.75) is 45.7 Å². The van der Waals surface area contributed by atoms with Gasteiger partial charge in [0.25, 0.3) is 0 Å². The molecule has 0 aliphatic heterocycles. The minimum Gasteiger partial charge on any atom is -0.496 e. The Morgan fingerprint density at radius 1 is 1.19 bits per heavy atom. The summed E-state index contributed by atoms with van der Waals surface area (Å²) in [6.45, 7) is 3.92. The first-order valence-electron chi connectivity index (χ1n) is 7.14. The summed E-state index contributed by atoms with van der Waals surface area (Å²) in [5.41, 5.74) is -0.794. The molecule has 0 aliphatic rings. The maximum atomic E-state index is 12.8. The second-order valence-corrected chi connectivity index (χ2v) is 5.05. The highest BCUT2D eigenvalue weighted by atomic mass is 19.4. The van der Waals surface area contributed by atoms with Gasteiger partial charge in [0.15, 0.2) is 5.78 Å². The fourth-order valence-electron chi connectivity index (χ4n) is 2.40. The van der Waals surface area contributed by atoms with E-state index < -0.39 is 11.7 Å². The van der Waals surface area contributed by atoms with Crippen LogP contribution in [0.3, 0.4) is 0 Å². The molecule has 0 aliphatic carbocycles. The van der Waals surface area contributed by atoms with Gasteiger partial charge in [-0.2, -0.15) is 13.2 Å². The van der Waals surface area contributed by atoms with Crippen LogP contribution in [0.1, 0.15) is 55.5 Å². The Hall–Kier alpha value is -1.52. The predicted octanol–water partition coefficient (Wildman–Crippen LogP) is 5.11. The first-order valence-corrected chi connectivity index (χ1v) is 7.14. The van der Waals surface area contributed by atoms with Gasteiger partial charge in [0.05, 0.1) is 18.2 Å². The SMILES string of the molecule is CCCC(CCC)C(=O)c1cc(C(F)(F)F)ccc1OC. The van der Waals surface area contributed by atoms with Crippen LogP contribution in [0.5, 0.6) is 5.75 Å². The highest BCUT2D eigenvalue weighted by molar-refractivity contribution is 6.00. The van der Waals surface area contributed by atoms with Crippen LogP contribution in [0.15, 0.2) is 18.2 Å². The molecule has 0 bridgehead atoms. The summed E-state index contributed by atoms with van der Waals surface area (Å²) in [5.74, 6) is -0.316. The van der Waals surface area contributed by atoms with Gasteiger partial charge in [-0.1, -0.05) is 26.7 Å². The van der Waals surface area contributed by atoms with Crippen molar-refractivity contribution in [3.63, 3.8) is 0 Å². The van der Waals surface area contributed by atoms with Gasteiger partial charge in [-0.25, -0.2) is 0 Å². The van der Waals surface area contributed by atoms with Gasteiger partial charge in [0.2, 0.25) is 0 Å².